The Kier molecular flexibility index (Phi) is 6.34. The number of Topliss-reactive ketones (excluding diaryl/α,β-unsaturated/α-hetero) is 1. The Morgan fingerprint density at radius 3 is 2.64 bits per heavy atom. The highest BCUT2D eigenvalue weighted by Gasteiger charge is 2.24. The lowest BCUT2D eigenvalue weighted by molar-refractivity contribution is -0.112. The maximum atomic E-state index is 11.7. The molecule has 25 heavy (non-hydrogen) atoms. The Hall–Kier alpha value is -1.56. The maximum absolute atomic E-state index is 11.7. The van der Waals surface area contributed by atoms with Crippen LogP contribution in [-0.2, 0) is 17.9 Å². The molecule has 0 saturated heterocycles. The van der Waals surface area contributed by atoms with E-state index in [4.69, 9.17) is 0 Å². The van der Waals surface area contributed by atoms with Crippen molar-refractivity contribution in [3.63, 3.8) is 0 Å². The van der Waals surface area contributed by atoms with Gasteiger partial charge in [-0.1, -0.05) is 42.5 Å². The number of allylic oxidation sites excluding steroid dienone is 2. The van der Waals surface area contributed by atoms with E-state index in [0.29, 0.717) is 0 Å². The van der Waals surface area contributed by atoms with Gasteiger partial charge in [0.2, 0.25) is 0 Å². The predicted octanol–water partition coefficient (Wildman–Crippen LogP) is 4.27. The Morgan fingerprint density at radius 1 is 1.20 bits per heavy atom. The van der Waals surface area contributed by atoms with Crippen LogP contribution in [0.1, 0.15) is 28.5 Å². The van der Waals surface area contributed by atoms with E-state index in [1.54, 1.807) is 11.8 Å². The molecule has 1 aliphatic rings. The van der Waals surface area contributed by atoms with Crippen LogP contribution >= 0.6 is 24.4 Å². The van der Waals surface area contributed by atoms with E-state index in [2.05, 4.69) is 66.0 Å². The minimum Gasteiger partial charge on any atom is -0.298 e. The molecule has 2 heterocycles. The Balaban J connectivity index is 1.55. The third kappa shape index (κ3) is 4.97. The molecule has 3 nitrogen and oxygen atoms in total. The van der Waals surface area contributed by atoms with Crippen LogP contribution in [0.5, 0.6) is 0 Å². The lowest BCUT2D eigenvalue weighted by atomic mass is 10.1. The van der Waals surface area contributed by atoms with Crippen molar-refractivity contribution in [2.24, 2.45) is 0 Å². The molecular weight excluding hydrogens is 348 g/mol. The minimum atomic E-state index is 0.106. The third-order valence-electron chi connectivity index (χ3n) is 4.13. The number of carbonyl (C=O) groups is 1. The smallest absolute Gasteiger partial charge is 0.178 e. The van der Waals surface area contributed by atoms with Gasteiger partial charge in [0.05, 0.1) is 16.7 Å². The van der Waals surface area contributed by atoms with E-state index in [-0.39, 0.29) is 16.8 Å². The first-order valence-corrected chi connectivity index (χ1v) is 9.85. The summed E-state index contributed by atoms with van der Waals surface area (Å²) in [5.74, 6) is 0.376. The summed E-state index contributed by atoms with van der Waals surface area (Å²) in [5.41, 5.74) is 3.55. The molecule has 2 aromatic rings. The third-order valence-corrected chi connectivity index (χ3v) is 5.78. The van der Waals surface area contributed by atoms with Crippen LogP contribution in [-0.4, -0.2) is 28.5 Å². The summed E-state index contributed by atoms with van der Waals surface area (Å²) in [6.45, 7) is 1.78. The van der Waals surface area contributed by atoms with Crippen molar-refractivity contribution >= 4 is 30.2 Å². The molecular formula is C20H22N2OS2. The highest BCUT2D eigenvalue weighted by atomic mass is 32.2. The van der Waals surface area contributed by atoms with Gasteiger partial charge >= 0.3 is 0 Å². The van der Waals surface area contributed by atoms with Crippen molar-refractivity contribution < 1.29 is 4.79 Å². The van der Waals surface area contributed by atoms with Crippen LogP contribution in [0.3, 0.4) is 0 Å². The van der Waals surface area contributed by atoms with Crippen LogP contribution in [0, 0.1) is 0 Å². The second-order valence-corrected chi connectivity index (χ2v) is 7.80. The Bertz CT molecular complexity index is 744. The summed E-state index contributed by atoms with van der Waals surface area (Å²) in [6.07, 6.45) is 4.83. The molecule has 1 aromatic carbocycles. The average Bonchev–Trinajstić information content (AvgIpc) is 3.12. The van der Waals surface area contributed by atoms with Gasteiger partial charge in [0.15, 0.2) is 5.78 Å². The number of pyridine rings is 1. The zero-order valence-electron chi connectivity index (χ0n) is 14.3. The molecule has 0 amide bonds. The van der Waals surface area contributed by atoms with E-state index < -0.39 is 0 Å². The van der Waals surface area contributed by atoms with Crippen molar-refractivity contribution in [2.45, 2.75) is 24.8 Å². The fraction of sp³-hybridized carbons (Fsp3) is 0.300. The van der Waals surface area contributed by atoms with Gasteiger partial charge < -0.3 is 0 Å². The summed E-state index contributed by atoms with van der Waals surface area (Å²) in [7, 11) is 2.12. The van der Waals surface area contributed by atoms with Crippen molar-refractivity contribution in [3.8, 4) is 0 Å². The standard InChI is InChI=1S/C20H22N2OS2/c1-22(12-15-5-3-2-4-6-15)13-16-7-8-17(21-11-16)19-9-10-20(25-19)18(23)14-24/h2-8,10-11,19,24H,9,12-14H2,1H3. The number of benzene rings is 1. The lowest BCUT2D eigenvalue weighted by Crippen LogP contribution is -2.17. The van der Waals surface area contributed by atoms with Crippen molar-refractivity contribution in [1.82, 2.24) is 9.88 Å². The Morgan fingerprint density at radius 2 is 1.96 bits per heavy atom. The number of hydrogen-bond acceptors (Lipinski definition) is 5. The monoisotopic (exact) mass is 370 g/mol. The molecule has 1 unspecified atom stereocenters. The van der Waals surface area contributed by atoms with E-state index in [1.807, 2.05) is 18.3 Å². The topological polar surface area (TPSA) is 33.2 Å². The number of hydrogen-bond donors (Lipinski definition) is 1. The molecule has 0 spiro atoms. The number of thioether (sulfide) groups is 1. The van der Waals surface area contributed by atoms with Crippen molar-refractivity contribution in [1.29, 1.82) is 0 Å². The fourth-order valence-electron chi connectivity index (χ4n) is 2.88. The first-order valence-electron chi connectivity index (χ1n) is 8.34. The van der Waals surface area contributed by atoms with Crippen LogP contribution in [0.25, 0.3) is 0 Å². The summed E-state index contributed by atoms with van der Waals surface area (Å²) >= 11 is 5.67. The second kappa shape index (κ2) is 8.70. The van der Waals surface area contributed by atoms with Crippen molar-refractivity contribution in [3.05, 3.63) is 76.5 Å². The molecule has 1 aromatic heterocycles. The average molecular weight is 371 g/mol. The van der Waals surface area contributed by atoms with Gasteiger partial charge in [0, 0.05) is 24.2 Å². The first-order chi connectivity index (χ1) is 12.2. The number of aromatic nitrogens is 1. The second-order valence-electron chi connectivity index (χ2n) is 6.24. The molecule has 0 aliphatic carbocycles. The van der Waals surface area contributed by atoms with Gasteiger partial charge in [-0.15, -0.1) is 11.8 Å². The van der Waals surface area contributed by atoms with Gasteiger partial charge in [-0.05, 0) is 30.7 Å². The van der Waals surface area contributed by atoms with Crippen molar-refractivity contribution in [2.75, 3.05) is 12.8 Å². The number of ketones is 1. The lowest BCUT2D eigenvalue weighted by Gasteiger charge is -2.17. The number of carbonyl (C=O) groups excluding carboxylic acids is 1. The fourth-order valence-corrected chi connectivity index (χ4v) is 4.32. The number of rotatable bonds is 7. The van der Waals surface area contributed by atoms with Gasteiger partial charge in [0.25, 0.3) is 0 Å². The quantitative estimate of drug-likeness (QED) is 0.738. The molecule has 0 bridgehead atoms. The summed E-state index contributed by atoms with van der Waals surface area (Å²) in [6, 6.07) is 14.7. The Labute approximate surface area is 158 Å². The molecule has 0 saturated carbocycles. The SMILES string of the molecule is CN(Cc1ccccc1)Cc1ccc(C2CC=C(C(=O)CS)S2)nc1. The predicted molar refractivity (Wildman–Crippen MR) is 108 cm³/mol. The summed E-state index contributed by atoms with van der Waals surface area (Å²) in [5, 5.41) is 0.245. The maximum Gasteiger partial charge on any atom is 0.178 e. The molecule has 3 rings (SSSR count). The van der Waals surface area contributed by atoms with Gasteiger partial charge in [-0.3, -0.25) is 14.7 Å². The summed E-state index contributed by atoms with van der Waals surface area (Å²) in [4.78, 5) is 19.5. The van der Waals surface area contributed by atoms with Crippen LogP contribution in [0.2, 0.25) is 0 Å². The normalized spacial score (nSPS) is 16.9. The van der Waals surface area contributed by atoms with E-state index >= 15 is 0 Å². The molecule has 1 aliphatic heterocycles. The highest BCUT2D eigenvalue weighted by molar-refractivity contribution is 8.04. The van der Waals surface area contributed by atoms with E-state index in [1.165, 1.54) is 11.1 Å². The van der Waals surface area contributed by atoms with Crippen LogP contribution < -0.4 is 0 Å². The largest absolute Gasteiger partial charge is 0.298 e. The van der Waals surface area contributed by atoms with E-state index in [0.717, 1.165) is 30.1 Å². The minimum absolute atomic E-state index is 0.106. The van der Waals surface area contributed by atoms with Crippen LogP contribution in [0.15, 0.2) is 59.6 Å². The molecule has 130 valence electrons. The number of nitrogens with zero attached hydrogens (tertiary/aromatic N) is 2. The molecule has 0 fully saturated rings. The first kappa shape index (κ1) is 18.2. The highest BCUT2D eigenvalue weighted by Crippen LogP contribution is 2.43. The van der Waals surface area contributed by atoms with E-state index in [9.17, 15) is 4.79 Å². The zero-order chi connectivity index (χ0) is 17.6. The molecule has 0 N–H and O–H groups in total. The zero-order valence-corrected chi connectivity index (χ0v) is 16.0. The van der Waals surface area contributed by atoms with Gasteiger partial charge in [-0.25, -0.2) is 0 Å². The molecule has 5 heteroatoms. The number of thiol groups is 1. The molecule has 0 radical (unpaired) electrons. The molecule has 1 atom stereocenters. The van der Waals surface area contributed by atoms with Gasteiger partial charge in [-0.2, -0.15) is 12.6 Å². The van der Waals surface area contributed by atoms with Crippen LogP contribution in [0.4, 0.5) is 0 Å². The summed E-state index contributed by atoms with van der Waals surface area (Å²) < 4.78 is 0. The van der Waals surface area contributed by atoms with Gasteiger partial charge in [0.1, 0.15) is 0 Å².